The Morgan fingerprint density at radius 3 is 2.65 bits per heavy atom. The van der Waals surface area contributed by atoms with E-state index in [0.29, 0.717) is 33.6 Å². The van der Waals surface area contributed by atoms with E-state index in [0.717, 1.165) is 5.56 Å². The minimum atomic E-state index is 0.444. The molecule has 0 aliphatic carbocycles. The number of ether oxygens (including phenoxy) is 2. The Balaban J connectivity index is 2.10. The van der Waals surface area contributed by atoms with Crippen molar-refractivity contribution in [1.29, 1.82) is 0 Å². The Morgan fingerprint density at radius 1 is 1.10 bits per heavy atom. The van der Waals surface area contributed by atoms with Crippen LogP contribution in [0.5, 0.6) is 11.5 Å². The van der Waals surface area contributed by atoms with Crippen LogP contribution < -0.4 is 9.47 Å². The highest BCUT2D eigenvalue weighted by Crippen LogP contribution is 2.33. The molecule has 0 N–H and O–H groups in total. The fraction of sp³-hybridized carbons (Fsp3) is 0.143. The minimum absolute atomic E-state index is 0.444. The largest absolute Gasteiger partial charge is 0.493 e. The highest BCUT2D eigenvalue weighted by atomic mass is 35.5. The third-order valence-electron chi connectivity index (χ3n) is 2.84. The Morgan fingerprint density at radius 2 is 1.90 bits per heavy atom. The summed E-state index contributed by atoms with van der Waals surface area (Å²) >= 11 is 5.88. The number of fused-ring (bicyclic) bond motifs is 1. The van der Waals surface area contributed by atoms with Crippen LogP contribution in [0.15, 0.2) is 34.9 Å². The normalized spacial score (nSPS) is 10.8. The molecule has 1 aromatic carbocycles. The number of methoxy groups -OCH3 is 2. The number of hydrogen-bond donors (Lipinski definition) is 0. The summed E-state index contributed by atoms with van der Waals surface area (Å²) in [5.41, 5.74) is 1.83. The van der Waals surface area contributed by atoms with E-state index in [4.69, 9.17) is 25.5 Å². The monoisotopic (exact) mass is 290 g/mol. The first-order valence-corrected chi connectivity index (χ1v) is 6.23. The number of nitrogens with zero attached hydrogens (tertiary/aromatic N) is 2. The zero-order valence-corrected chi connectivity index (χ0v) is 11.6. The van der Waals surface area contributed by atoms with Crippen molar-refractivity contribution in [2.24, 2.45) is 0 Å². The van der Waals surface area contributed by atoms with E-state index < -0.39 is 0 Å². The highest BCUT2D eigenvalue weighted by Gasteiger charge is 2.12. The molecule has 0 fully saturated rings. The second-order valence-corrected chi connectivity index (χ2v) is 4.50. The average molecular weight is 291 g/mol. The predicted molar refractivity (Wildman–Crippen MR) is 75.4 cm³/mol. The number of oxazole rings is 1. The highest BCUT2D eigenvalue weighted by molar-refractivity contribution is 6.30. The van der Waals surface area contributed by atoms with Crippen LogP contribution in [0.1, 0.15) is 0 Å². The second-order valence-electron chi connectivity index (χ2n) is 4.07. The molecule has 6 heteroatoms. The van der Waals surface area contributed by atoms with Gasteiger partial charge in [-0.25, -0.2) is 9.97 Å². The molecule has 0 atom stereocenters. The lowest BCUT2D eigenvalue weighted by Gasteiger charge is -2.07. The van der Waals surface area contributed by atoms with Crippen LogP contribution in [0.2, 0.25) is 5.02 Å². The Kier molecular flexibility index (Phi) is 3.20. The first-order chi connectivity index (χ1) is 9.71. The van der Waals surface area contributed by atoms with Gasteiger partial charge in [0.05, 0.1) is 19.2 Å². The van der Waals surface area contributed by atoms with Gasteiger partial charge in [-0.05, 0) is 24.3 Å². The molecule has 3 aromatic rings. The third-order valence-corrected chi connectivity index (χ3v) is 3.05. The molecule has 0 aliphatic rings. The van der Waals surface area contributed by atoms with Crippen molar-refractivity contribution < 1.29 is 13.9 Å². The molecular weight excluding hydrogens is 280 g/mol. The Hall–Kier alpha value is -2.27. The van der Waals surface area contributed by atoms with Gasteiger partial charge < -0.3 is 13.9 Å². The number of benzene rings is 1. The van der Waals surface area contributed by atoms with E-state index in [2.05, 4.69) is 9.97 Å². The van der Waals surface area contributed by atoms with Crippen LogP contribution in [0.25, 0.3) is 22.7 Å². The molecule has 0 spiro atoms. The van der Waals surface area contributed by atoms with Crippen LogP contribution in [0.3, 0.4) is 0 Å². The lowest BCUT2D eigenvalue weighted by Crippen LogP contribution is -1.90. The van der Waals surface area contributed by atoms with E-state index in [-0.39, 0.29) is 0 Å². The average Bonchev–Trinajstić information content (AvgIpc) is 2.89. The van der Waals surface area contributed by atoms with Crippen molar-refractivity contribution >= 4 is 22.8 Å². The number of pyridine rings is 1. The Bertz CT molecular complexity index is 770. The van der Waals surface area contributed by atoms with Crippen LogP contribution in [-0.4, -0.2) is 24.2 Å². The number of hydrogen-bond acceptors (Lipinski definition) is 5. The molecule has 3 rings (SSSR count). The maximum Gasteiger partial charge on any atom is 0.247 e. The summed E-state index contributed by atoms with van der Waals surface area (Å²) < 4.78 is 16.1. The topological polar surface area (TPSA) is 57.4 Å². The molecule has 0 radical (unpaired) electrons. The molecule has 0 bridgehead atoms. The van der Waals surface area contributed by atoms with E-state index in [1.165, 1.54) is 6.20 Å². The molecule has 0 amide bonds. The SMILES string of the molecule is COc1ccc(-c2nc3cc(Cl)cnc3o2)cc1OC. The molecular formula is C14H11ClN2O3. The Labute approximate surface area is 120 Å². The number of aromatic nitrogens is 2. The molecule has 0 unspecified atom stereocenters. The van der Waals surface area contributed by atoms with Crippen molar-refractivity contribution in [1.82, 2.24) is 9.97 Å². The quantitative estimate of drug-likeness (QED) is 0.738. The molecule has 102 valence electrons. The van der Waals surface area contributed by atoms with E-state index in [1.54, 1.807) is 32.4 Å². The minimum Gasteiger partial charge on any atom is -0.493 e. The van der Waals surface area contributed by atoms with Crippen LogP contribution in [0.4, 0.5) is 0 Å². The lowest BCUT2D eigenvalue weighted by atomic mass is 10.2. The maximum absolute atomic E-state index is 5.88. The lowest BCUT2D eigenvalue weighted by molar-refractivity contribution is 0.355. The zero-order valence-electron chi connectivity index (χ0n) is 10.9. The molecule has 5 nitrogen and oxygen atoms in total. The fourth-order valence-corrected chi connectivity index (χ4v) is 2.04. The van der Waals surface area contributed by atoms with Gasteiger partial charge in [0.15, 0.2) is 11.5 Å². The molecule has 0 saturated carbocycles. The van der Waals surface area contributed by atoms with Crippen molar-refractivity contribution in [3.63, 3.8) is 0 Å². The van der Waals surface area contributed by atoms with Gasteiger partial charge in [-0.3, -0.25) is 0 Å². The van der Waals surface area contributed by atoms with Gasteiger partial charge in [0.2, 0.25) is 11.6 Å². The summed E-state index contributed by atoms with van der Waals surface area (Å²) in [6.45, 7) is 0. The summed E-state index contributed by atoms with van der Waals surface area (Å²) in [4.78, 5) is 8.45. The molecule has 2 aromatic heterocycles. The van der Waals surface area contributed by atoms with Gasteiger partial charge >= 0.3 is 0 Å². The van der Waals surface area contributed by atoms with E-state index in [1.807, 2.05) is 6.07 Å². The van der Waals surface area contributed by atoms with Gasteiger partial charge in [-0.15, -0.1) is 0 Å². The van der Waals surface area contributed by atoms with Gasteiger partial charge in [0.1, 0.15) is 5.52 Å². The number of rotatable bonds is 3. The molecule has 0 saturated heterocycles. The van der Waals surface area contributed by atoms with E-state index >= 15 is 0 Å². The van der Waals surface area contributed by atoms with Crippen LogP contribution >= 0.6 is 11.6 Å². The summed E-state index contributed by atoms with van der Waals surface area (Å²) in [5, 5.41) is 0.518. The van der Waals surface area contributed by atoms with Crippen molar-refractivity contribution in [3.8, 4) is 23.0 Å². The van der Waals surface area contributed by atoms with Gasteiger partial charge in [-0.2, -0.15) is 0 Å². The van der Waals surface area contributed by atoms with Gasteiger partial charge in [-0.1, -0.05) is 11.6 Å². The van der Waals surface area contributed by atoms with Crippen molar-refractivity contribution in [3.05, 3.63) is 35.5 Å². The van der Waals surface area contributed by atoms with Crippen molar-refractivity contribution in [2.75, 3.05) is 14.2 Å². The van der Waals surface area contributed by atoms with Gasteiger partial charge in [0, 0.05) is 11.8 Å². The van der Waals surface area contributed by atoms with Gasteiger partial charge in [0.25, 0.3) is 0 Å². The molecule has 20 heavy (non-hydrogen) atoms. The molecule has 0 aliphatic heterocycles. The predicted octanol–water partition coefficient (Wildman–Crippen LogP) is 3.56. The van der Waals surface area contributed by atoms with Crippen LogP contribution in [-0.2, 0) is 0 Å². The summed E-state index contributed by atoms with van der Waals surface area (Å²) in [6, 6.07) is 7.14. The van der Waals surface area contributed by atoms with Crippen LogP contribution in [0, 0.1) is 0 Å². The zero-order chi connectivity index (χ0) is 14.1. The summed E-state index contributed by atoms with van der Waals surface area (Å²) in [6.07, 6.45) is 1.52. The van der Waals surface area contributed by atoms with E-state index in [9.17, 15) is 0 Å². The smallest absolute Gasteiger partial charge is 0.247 e. The molecule has 2 heterocycles. The summed E-state index contributed by atoms with van der Waals surface area (Å²) in [5.74, 6) is 1.71. The van der Waals surface area contributed by atoms with Crippen molar-refractivity contribution in [2.45, 2.75) is 0 Å². The third kappa shape index (κ3) is 2.16. The maximum atomic E-state index is 5.88. The summed E-state index contributed by atoms with van der Waals surface area (Å²) in [7, 11) is 3.16. The first kappa shape index (κ1) is 12.7. The fourth-order valence-electron chi connectivity index (χ4n) is 1.89. The number of halogens is 1. The standard InChI is InChI=1S/C14H11ClN2O3/c1-18-11-4-3-8(5-12(11)19-2)13-17-10-6-9(15)7-16-14(10)20-13/h3-7H,1-2H3. The second kappa shape index (κ2) is 5.02. The first-order valence-electron chi connectivity index (χ1n) is 5.86.